The van der Waals surface area contributed by atoms with Crippen LogP contribution in [0.4, 0.5) is 0 Å². The maximum Gasteiger partial charge on any atom is 0.0661 e. The lowest BCUT2D eigenvalue weighted by Gasteiger charge is -2.20. The summed E-state index contributed by atoms with van der Waals surface area (Å²) in [5.41, 5.74) is 1.35. The molecule has 2 heteroatoms. The molecule has 1 N–H and O–H groups in total. The lowest BCUT2D eigenvalue weighted by Crippen LogP contribution is -2.26. The molecule has 1 aliphatic carbocycles. The van der Waals surface area contributed by atoms with Crippen LogP contribution in [0.5, 0.6) is 0 Å². The number of ether oxygens (including phenoxy) is 1. The third kappa shape index (κ3) is 3.20. The Hall–Kier alpha value is -1.38. The number of likely N-dealkylation sites (N-methyl/N-ethyl adjacent to an activating group) is 1. The van der Waals surface area contributed by atoms with E-state index in [9.17, 15) is 0 Å². The maximum atomic E-state index is 5.91. The van der Waals surface area contributed by atoms with Crippen LogP contribution >= 0.6 is 0 Å². The van der Waals surface area contributed by atoms with Crippen LogP contribution in [0.2, 0.25) is 0 Å². The molecule has 0 saturated heterocycles. The second-order valence-corrected chi connectivity index (χ2v) is 5.66. The van der Waals surface area contributed by atoms with E-state index in [1.54, 1.807) is 0 Å². The molecule has 2 aromatic carbocycles. The molecule has 1 fully saturated rings. The topological polar surface area (TPSA) is 21.3 Å². The van der Waals surface area contributed by atoms with E-state index in [-0.39, 0.29) is 6.04 Å². The normalized spacial score (nSPS) is 16.4. The third-order valence-corrected chi connectivity index (χ3v) is 3.98. The second kappa shape index (κ2) is 6.38. The van der Waals surface area contributed by atoms with Crippen molar-refractivity contribution in [2.75, 3.05) is 19.8 Å². The molecule has 1 atom stereocenters. The number of fused-ring (bicyclic) bond motifs is 1. The van der Waals surface area contributed by atoms with Crippen LogP contribution in [0, 0.1) is 5.92 Å². The first-order chi connectivity index (χ1) is 9.88. The van der Waals surface area contributed by atoms with Crippen molar-refractivity contribution in [2.45, 2.75) is 25.8 Å². The van der Waals surface area contributed by atoms with Gasteiger partial charge < -0.3 is 10.1 Å². The lowest BCUT2D eigenvalue weighted by atomic mass is 9.99. The van der Waals surface area contributed by atoms with Gasteiger partial charge in [-0.25, -0.2) is 0 Å². The first-order valence-electron chi connectivity index (χ1n) is 7.67. The van der Waals surface area contributed by atoms with E-state index < -0.39 is 0 Å². The van der Waals surface area contributed by atoms with Crippen molar-refractivity contribution >= 4 is 10.8 Å². The summed E-state index contributed by atoms with van der Waals surface area (Å²) in [7, 11) is 0. The van der Waals surface area contributed by atoms with Gasteiger partial charge in [0, 0.05) is 6.61 Å². The Bertz CT molecular complexity index is 557. The van der Waals surface area contributed by atoms with Crippen LogP contribution in [-0.4, -0.2) is 19.8 Å². The largest absolute Gasteiger partial charge is 0.379 e. The standard InChI is InChI=1S/C18H23NO/c1-2-19-18(13-20-12-14-10-11-14)17-9-5-7-15-6-3-4-8-16(15)17/h3-9,14,18-19H,2,10-13H2,1H3. The van der Waals surface area contributed by atoms with Gasteiger partial charge in [0.05, 0.1) is 12.6 Å². The van der Waals surface area contributed by atoms with Crippen LogP contribution in [0.3, 0.4) is 0 Å². The van der Waals surface area contributed by atoms with Crippen molar-refractivity contribution in [1.82, 2.24) is 5.32 Å². The van der Waals surface area contributed by atoms with Crippen molar-refractivity contribution in [3.05, 3.63) is 48.0 Å². The molecular weight excluding hydrogens is 246 g/mol. The van der Waals surface area contributed by atoms with Gasteiger partial charge >= 0.3 is 0 Å². The molecule has 20 heavy (non-hydrogen) atoms. The molecule has 2 nitrogen and oxygen atoms in total. The molecule has 0 aliphatic heterocycles. The maximum absolute atomic E-state index is 5.91. The highest BCUT2D eigenvalue weighted by atomic mass is 16.5. The minimum absolute atomic E-state index is 0.282. The first-order valence-corrected chi connectivity index (χ1v) is 7.67. The van der Waals surface area contributed by atoms with Crippen LogP contribution in [0.15, 0.2) is 42.5 Å². The smallest absolute Gasteiger partial charge is 0.0661 e. The van der Waals surface area contributed by atoms with Gasteiger partial charge in [0.25, 0.3) is 0 Å². The van der Waals surface area contributed by atoms with Crippen molar-refractivity contribution in [3.63, 3.8) is 0 Å². The van der Waals surface area contributed by atoms with E-state index in [1.807, 2.05) is 0 Å². The van der Waals surface area contributed by atoms with Crippen molar-refractivity contribution in [2.24, 2.45) is 5.92 Å². The number of rotatable bonds is 7. The third-order valence-electron chi connectivity index (χ3n) is 3.98. The van der Waals surface area contributed by atoms with E-state index in [4.69, 9.17) is 4.74 Å². The fraction of sp³-hybridized carbons (Fsp3) is 0.444. The highest BCUT2D eigenvalue weighted by molar-refractivity contribution is 5.86. The molecule has 3 rings (SSSR count). The van der Waals surface area contributed by atoms with Crippen LogP contribution in [0.25, 0.3) is 10.8 Å². The Morgan fingerprint density at radius 3 is 2.75 bits per heavy atom. The zero-order valence-corrected chi connectivity index (χ0v) is 12.1. The number of benzene rings is 2. The van der Waals surface area contributed by atoms with Crippen LogP contribution in [0.1, 0.15) is 31.4 Å². The summed E-state index contributed by atoms with van der Waals surface area (Å²) in [6.45, 7) is 4.80. The summed E-state index contributed by atoms with van der Waals surface area (Å²) >= 11 is 0. The fourth-order valence-corrected chi connectivity index (χ4v) is 2.70. The predicted octanol–water partition coefficient (Wildman–Crippen LogP) is 3.92. The van der Waals surface area contributed by atoms with Gasteiger partial charge in [0.2, 0.25) is 0 Å². The molecule has 0 heterocycles. The Labute approximate surface area is 121 Å². The highest BCUT2D eigenvalue weighted by Crippen LogP contribution is 2.30. The van der Waals surface area contributed by atoms with Gasteiger partial charge in [-0.15, -0.1) is 0 Å². The zero-order chi connectivity index (χ0) is 13.8. The molecule has 1 unspecified atom stereocenters. The molecule has 0 bridgehead atoms. The molecule has 1 saturated carbocycles. The predicted molar refractivity (Wildman–Crippen MR) is 83.9 cm³/mol. The van der Waals surface area contributed by atoms with Gasteiger partial charge in [-0.1, -0.05) is 49.4 Å². The minimum Gasteiger partial charge on any atom is -0.379 e. The van der Waals surface area contributed by atoms with E-state index in [0.29, 0.717) is 0 Å². The number of hydrogen-bond donors (Lipinski definition) is 1. The summed E-state index contributed by atoms with van der Waals surface area (Å²) < 4.78 is 5.91. The van der Waals surface area contributed by atoms with Gasteiger partial charge in [0.15, 0.2) is 0 Å². The van der Waals surface area contributed by atoms with Gasteiger partial charge in [0.1, 0.15) is 0 Å². The van der Waals surface area contributed by atoms with Gasteiger partial charge in [-0.05, 0) is 41.6 Å². The van der Waals surface area contributed by atoms with E-state index in [0.717, 1.165) is 25.7 Å². The minimum atomic E-state index is 0.282. The molecule has 1 aliphatic rings. The quantitative estimate of drug-likeness (QED) is 0.822. The summed E-state index contributed by atoms with van der Waals surface area (Å²) in [6.07, 6.45) is 2.69. The summed E-state index contributed by atoms with van der Waals surface area (Å²) in [5, 5.41) is 6.19. The second-order valence-electron chi connectivity index (χ2n) is 5.66. The molecule has 106 valence electrons. The monoisotopic (exact) mass is 269 g/mol. The highest BCUT2D eigenvalue weighted by Gasteiger charge is 2.22. The van der Waals surface area contributed by atoms with E-state index in [1.165, 1.54) is 29.2 Å². The molecule has 2 aromatic rings. The van der Waals surface area contributed by atoms with Gasteiger partial charge in [-0.2, -0.15) is 0 Å². The van der Waals surface area contributed by atoms with Crippen molar-refractivity contribution < 1.29 is 4.74 Å². The summed E-state index contributed by atoms with van der Waals surface area (Å²) in [4.78, 5) is 0. The fourth-order valence-electron chi connectivity index (χ4n) is 2.70. The van der Waals surface area contributed by atoms with Crippen molar-refractivity contribution in [1.29, 1.82) is 0 Å². The average molecular weight is 269 g/mol. The van der Waals surface area contributed by atoms with E-state index >= 15 is 0 Å². The summed E-state index contributed by atoms with van der Waals surface area (Å²) in [6, 6.07) is 15.4. The lowest BCUT2D eigenvalue weighted by molar-refractivity contribution is 0.103. The molecular formula is C18H23NO. The Kier molecular flexibility index (Phi) is 4.34. The Morgan fingerprint density at radius 2 is 1.95 bits per heavy atom. The first kappa shape index (κ1) is 13.6. The summed E-state index contributed by atoms with van der Waals surface area (Å²) in [5.74, 6) is 0.824. The number of hydrogen-bond acceptors (Lipinski definition) is 2. The zero-order valence-electron chi connectivity index (χ0n) is 12.1. The van der Waals surface area contributed by atoms with Gasteiger partial charge in [-0.3, -0.25) is 0 Å². The van der Waals surface area contributed by atoms with Crippen LogP contribution in [-0.2, 0) is 4.74 Å². The molecule has 0 spiro atoms. The molecule has 0 amide bonds. The van der Waals surface area contributed by atoms with Crippen LogP contribution < -0.4 is 5.32 Å². The van der Waals surface area contributed by atoms with E-state index in [2.05, 4.69) is 54.7 Å². The van der Waals surface area contributed by atoms with Crippen molar-refractivity contribution in [3.8, 4) is 0 Å². The number of nitrogens with one attached hydrogen (secondary N) is 1. The molecule has 0 aromatic heterocycles. The molecule has 0 radical (unpaired) electrons. The Balaban J connectivity index is 1.79. The average Bonchev–Trinajstić information content (AvgIpc) is 3.30. The SMILES string of the molecule is CCNC(COCC1CC1)c1cccc2ccccc12. The Morgan fingerprint density at radius 1 is 1.15 bits per heavy atom.